The average molecular weight is 907 g/mol. The minimum atomic E-state index is -3.92. The summed E-state index contributed by atoms with van der Waals surface area (Å²) in [5.74, 6) is 1.92. The van der Waals surface area contributed by atoms with Crippen LogP contribution in [-0.4, -0.2) is 74.2 Å². The third-order valence-corrected chi connectivity index (χ3v) is 18.5. The summed E-state index contributed by atoms with van der Waals surface area (Å²) in [6, 6.07) is 16.2. The number of nitrogens with zero attached hydrogens (tertiary/aromatic N) is 3. The molecule has 2 aromatic carbocycles. The fraction of sp³-hybridized carbons (Fsp3) is 0.549. The van der Waals surface area contributed by atoms with Crippen LogP contribution in [0.3, 0.4) is 0 Å². The molecule has 0 radical (unpaired) electrons. The van der Waals surface area contributed by atoms with Crippen molar-refractivity contribution in [3.8, 4) is 22.9 Å². The molecule has 11 nitrogen and oxygen atoms in total. The Morgan fingerprint density at radius 3 is 2.61 bits per heavy atom. The van der Waals surface area contributed by atoms with Crippen LogP contribution in [0.5, 0.6) is 11.5 Å². The van der Waals surface area contributed by atoms with Crippen LogP contribution < -0.4 is 14.8 Å². The highest BCUT2D eigenvalue weighted by Crippen LogP contribution is 2.74. The van der Waals surface area contributed by atoms with Gasteiger partial charge in [0.1, 0.15) is 29.1 Å². The van der Waals surface area contributed by atoms with E-state index in [0.29, 0.717) is 59.5 Å². The summed E-state index contributed by atoms with van der Waals surface area (Å²) in [7, 11) is -2.31. The molecule has 3 saturated carbocycles. The second kappa shape index (κ2) is 18.8. The van der Waals surface area contributed by atoms with Gasteiger partial charge in [-0.3, -0.25) is 18.9 Å². The first-order valence-electron chi connectivity index (χ1n) is 23.6. The Hall–Kier alpha value is -4.38. The number of anilines is 1. The first-order chi connectivity index (χ1) is 30.9. The van der Waals surface area contributed by atoms with E-state index in [1.165, 1.54) is 30.6 Å². The maximum atomic E-state index is 15.1. The van der Waals surface area contributed by atoms with Crippen LogP contribution in [-0.2, 0) is 25.1 Å². The Morgan fingerprint density at radius 2 is 1.84 bits per heavy atom. The second-order valence-corrected chi connectivity index (χ2v) is 23.2. The van der Waals surface area contributed by atoms with E-state index in [1.807, 2.05) is 60.0 Å². The van der Waals surface area contributed by atoms with Gasteiger partial charge in [-0.2, -0.15) is 0 Å². The van der Waals surface area contributed by atoms with E-state index in [1.54, 1.807) is 12.0 Å². The van der Waals surface area contributed by atoms with Crippen molar-refractivity contribution in [1.82, 2.24) is 14.9 Å². The lowest BCUT2D eigenvalue weighted by Gasteiger charge is -2.30. The number of nitrogens with one attached hydrogen (secondary N) is 1. The van der Waals surface area contributed by atoms with Crippen molar-refractivity contribution in [2.75, 3.05) is 19.0 Å². The highest BCUT2D eigenvalue weighted by Gasteiger charge is 2.65. The van der Waals surface area contributed by atoms with Gasteiger partial charge in [-0.25, -0.2) is 9.97 Å². The number of amides is 1. The molecule has 0 spiro atoms. The fourth-order valence-electron chi connectivity index (χ4n) is 11.5. The number of rotatable bonds is 13. The minimum Gasteiger partial charge on any atom is -0.497 e. The van der Waals surface area contributed by atoms with Gasteiger partial charge in [0.15, 0.2) is 10.9 Å². The van der Waals surface area contributed by atoms with Gasteiger partial charge in [0, 0.05) is 60.5 Å². The number of thiazole rings is 1. The number of benzene rings is 2. The van der Waals surface area contributed by atoms with Crippen LogP contribution in [0.2, 0.25) is 0 Å². The number of hydrogen-bond acceptors (Lipinski definition) is 10. The Kier molecular flexibility index (Phi) is 13.2. The van der Waals surface area contributed by atoms with Crippen LogP contribution in [0, 0.1) is 29.6 Å². The molecule has 2 aliphatic heterocycles. The number of Topliss-reactive ketones (excluding diaryl/α,β-unsaturated/α-hetero) is 2. The molecule has 4 unspecified atom stereocenters. The highest BCUT2D eigenvalue weighted by molar-refractivity contribution is 7.59. The lowest BCUT2D eigenvalue weighted by atomic mass is 9.83. The number of fused-ring (bicyclic) bond motifs is 5. The van der Waals surface area contributed by atoms with Gasteiger partial charge in [0.2, 0.25) is 13.3 Å². The van der Waals surface area contributed by atoms with Gasteiger partial charge in [-0.1, -0.05) is 61.7 Å². The summed E-state index contributed by atoms with van der Waals surface area (Å²) >= 11 is 1.50. The summed E-state index contributed by atoms with van der Waals surface area (Å²) in [6.07, 6.45) is 13.7. The first-order valence-corrected chi connectivity index (χ1v) is 26.4. The van der Waals surface area contributed by atoms with Crippen LogP contribution in [0.15, 0.2) is 72.1 Å². The van der Waals surface area contributed by atoms with Crippen LogP contribution in [0.4, 0.5) is 5.13 Å². The molecule has 3 aliphatic carbocycles. The van der Waals surface area contributed by atoms with Gasteiger partial charge in [0.05, 0.1) is 42.2 Å². The first kappa shape index (κ1) is 44.8. The molecule has 64 heavy (non-hydrogen) atoms. The molecule has 5 aliphatic rings. The maximum Gasteiger partial charge on any atom is 0.226 e. The number of allylic oxidation sites excluding steroid dienone is 2. The summed E-state index contributed by atoms with van der Waals surface area (Å²) in [6.45, 7) is 4.27. The monoisotopic (exact) mass is 906 g/mol. The standard InChI is InChI=1S/C51H63N4O7PS/c1-32(2)52-50-54-45(31-64-50)44-26-48(42-19-18-40(61-3)24-43(42)53-44)62-41-25-46-47(57)28-51(63(59,60)30-33-12-8-7-9-13-33)27-38(51)15-11-6-4-5-10-14-36(49(58)55(46)29-41)22-39(56)23-37-21-34-16-17-35(37)20-34/h7-9,11-13,15,18-19,24,26,31-32,34-38,41,46H,4-6,10,14,16-17,20-23,25,27-30H2,1-3H3,(H,52,54)(H,59,60)/b15-11-/t34?,35?,36-,37?,38+,41-,46+,51-/m1/s1. The Labute approximate surface area is 381 Å². The number of carbonyl (C=O) groups excluding carboxylic acids is 3. The molecule has 4 heterocycles. The maximum absolute atomic E-state index is 15.1. The van der Waals surface area contributed by atoms with Gasteiger partial charge in [-0.05, 0) is 100 Å². The van der Waals surface area contributed by atoms with E-state index in [-0.39, 0.29) is 61.4 Å². The number of aromatic nitrogens is 2. The smallest absolute Gasteiger partial charge is 0.226 e. The van der Waals surface area contributed by atoms with Crippen molar-refractivity contribution in [2.45, 2.75) is 133 Å². The number of pyridine rings is 1. The Bertz CT molecular complexity index is 2440. The van der Waals surface area contributed by atoms with Crippen LogP contribution in [0.1, 0.15) is 109 Å². The van der Waals surface area contributed by atoms with E-state index in [4.69, 9.17) is 19.4 Å². The van der Waals surface area contributed by atoms with E-state index in [9.17, 15) is 14.3 Å². The Balaban J connectivity index is 1.04. The van der Waals surface area contributed by atoms with Gasteiger partial charge in [0.25, 0.3) is 0 Å². The number of ketones is 2. The second-order valence-electron chi connectivity index (χ2n) is 19.8. The topological polar surface area (TPSA) is 148 Å². The predicted octanol–water partition coefficient (Wildman–Crippen LogP) is 10.6. The Morgan fingerprint density at radius 1 is 1.00 bits per heavy atom. The van der Waals surface area contributed by atoms with Crippen LogP contribution >= 0.6 is 18.7 Å². The molecule has 2 bridgehead atoms. The van der Waals surface area contributed by atoms with E-state index >= 15 is 9.59 Å². The third kappa shape index (κ3) is 9.61. The van der Waals surface area contributed by atoms with Crippen molar-refractivity contribution < 1.29 is 33.3 Å². The third-order valence-electron chi connectivity index (χ3n) is 14.9. The highest BCUT2D eigenvalue weighted by atomic mass is 32.1. The molecule has 9 rings (SSSR count). The zero-order valence-electron chi connectivity index (χ0n) is 37.5. The number of methoxy groups -OCH3 is 1. The normalized spacial score (nSPS) is 29.7. The van der Waals surface area contributed by atoms with Crippen molar-refractivity contribution in [1.29, 1.82) is 0 Å². The SMILES string of the molecule is COc1ccc2c(O[C@@H]3C[C@H]4C(=O)C[C@]5(P(=O)(O)Cc6ccccc6)C[C@@H]5/C=C\CCCCC[C@H](CC(=O)CC5CC6CCC5C6)C(=O)N4C3)cc(-c3csc(NC(C)C)n3)nc2c1. The van der Waals surface area contributed by atoms with E-state index in [0.717, 1.165) is 54.1 Å². The van der Waals surface area contributed by atoms with E-state index in [2.05, 4.69) is 31.3 Å². The fourth-order valence-corrected chi connectivity index (χ4v) is 14.8. The summed E-state index contributed by atoms with van der Waals surface area (Å²) in [5, 5.41) is 5.74. The zero-order valence-corrected chi connectivity index (χ0v) is 39.2. The number of carbonyl (C=O) groups is 3. The van der Waals surface area contributed by atoms with Crippen molar-refractivity contribution in [2.24, 2.45) is 29.6 Å². The molecule has 9 atom stereocenters. The quantitative estimate of drug-likeness (QED) is 0.0981. The van der Waals surface area contributed by atoms with Crippen molar-refractivity contribution >= 4 is 52.2 Å². The molecule has 2 aromatic heterocycles. The molecule has 13 heteroatoms. The van der Waals surface area contributed by atoms with Crippen LogP contribution in [0.25, 0.3) is 22.3 Å². The molecule has 340 valence electrons. The number of hydrogen-bond donors (Lipinski definition) is 2. The van der Waals surface area contributed by atoms with Gasteiger partial charge in [-0.15, -0.1) is 11.3 Å². The van der Waals surface area contributed by atoms with E-state index < -0.39 is 30.6 Å². The summed E-state index contributed by atoms with van der Waals surface area (Å²) in [5.41, 5.74) is 2.72. The minimum absolute atomic E-state index is 0.0203. The molecule has 1 saturated heterocycles. The van der Waals surface area contributed by atoms with Gasteiger partial charge >= 0.3 is 0 Å². The lowest BCUT2D eigenvalue weighted by Crippen LogP contribution is -2.45. The predicted molar refractivity (Wildman–Crippen MR) is 252 cm³/mol. The number of ether oxygens (including phenoxy) is 2. The molecule has 1 amide bonds. The summed E-state index contributed by atoms with van der Waals surface area (Å²) < 4.78 is 27.1. The molecule has 2 N–H and O–H groups in total. The average Bonchev–Trinajstić information content (AvgIpc) is 3.80. The van der Waals surface area contributed by atoms with Gasteiger partial charge < -0.3 is 24.6 Å². The molecule has 4 fully saturated rings. The lowest BCUT2D eigenvalue weighted by molar-refractivity contribution is -0.143. The largest absolute Gasteiger partial charge is 0.497 e. The zero-order chi connectivity index (χ0) is 44.6. The van der Waals surface area contributed by atoms with Crippen molar-refractivity contribution in [3.05, 3.63) is 77.7 Å². The molecule has 4 aromatic rings. The summed E-state index contributed by atoms with van der Waals surface area (Å²) in [4.78, 5) is 67.6. The molecular weight excluding hydrogens is 844 g/mol. The molecular formula is C51H63N4O7PS. The van der Waals surface area contributed by atoms with Crippen molar-refractivity contribution in [3.63, 3.8) is 0 Å².